The number of aliphatic hydroxyl groups is 1. The van der Waals surface area contributed by atoms with Gasteiger partial charge in [-0.1, -0.05) is 54.6 Å². The van der Waals surface area contributed by atoms with Crippen LogP contribution in [0.3, 0.4) is 0 Å². The predicted octanol–water partition coefficient (Wildman–Crippen LogP) is 4.23. The third-order valence-corrected chi connectivity index (χ3v) is 3.14. The first-order chi connectivity index (χ1) is 10.8. The minimum atomic E-state index is 0.164. The highest BCUT2D eigenvalue weighted by Crippen LogP contribution is 2.04. The van der Waals surface area contributed by atoms with Crippen LogP contribution in [0.4, 0.5) is 0 Å². The van der Waals surface area contributed by atoms with Crippen molar-refractivity contribution in [2.75, 3.05) is 13.4 Å². The number of hydrogen-bond acceptors (Lipinski definition) is 3. The maximum Gasteiger partial charge on any atom is 0.147 e. The predicted molar refractivity (Wildman–Crippen MR) is 90.5 cm³/mol. The van der Waals surface area contributed by atoms with Gasteiger partial charge in [-0.15, -0.1) is 0 Å². The van der Waals surface area contributed by atoms with Gasteiger partial charge in [0.05, 0.1) is 12.7 Å². The molecule has 1 rings (SSSR count). The zero-order valence-corrected chi connectivity index (χ0v) is 13.5. The molecule has 3 nitrogen and oxygen atoms in total. The Morgan fingerprint density at radius 3 is 2.41 bits per heavy atom. The highest BCUT2D eigenvalue weighted by Gasteiger charge is 1.99. The number of aliphatic hydroxyl groups excluding tert-OH is 1. The maximum absolute atomic E-state index is 8.63. The van der Waals surface area contributed by atoms with Crippen molar-refractivity contribution in [1.29, 1.82) is 0 Å². The third kappa shape index (κ3) is 10.3. The van der Waals surface area contributed by atoms with Gasteiger partial charge in [0, 0.05) is 6.61 Å². The first-order valence-electron chi connectivity index (χ1n) is 7.97. The van der Waals surface area contributed by atoms with E-state index in [0.29, 0.717) is 13.4 Å². The molecule has 1 atom stereocenters. The molecule has 1 N–H and O–H groups in total. The number of unbranched alkanes of at least 4 members (excludes halogenated alkanes) is 1. The minimum absolute atomic E-state index is 0.164. The monoisotopic (exact) mass is 304 g/mol. The second-order valence-corrected chi connectivity index (χ2v) is 5.20. The van der Waals surface area contributed by atoms with Gasteiger partial charge in [0.2, 0.25) is 0 Å². The molecule has 0 amide bonds. The lowest BCUT2D eigenvalue weighted by atomic mass is 10.2. The van der Waals surface area contributed by atoms with Crippen molar-refractivity contribution in [1.82, 2.24) is 0 Å². The molecular formula is C19H28O3. The van der Waals surface area contributed by atoms with E-state index in [4.69, 9.17) is 14.6 Å². The summed E-state index contributed by atoms with van der Waals surface area (Å²) in [6.45, 7) is 3.20. The van der Waals surface area contributed by atoms with Gasteiger partial charge in [0.1, 0.15) is 6.79 Å². The van der Waals surface area contributed by atoms with Crippen molar-refractivity contribution in [2.24, 2.45) is 0 Å². The summed E-state index contributed by atoms with van der Waals surface area (Å²) < 4.78 is 11.1. The van der Waals surface area contributed by atoms with Gasteiger partial charge < -0.3 is 14.6 Å². The van der Waals surface area contributed by atoms with Crippen molar-refractivity contribution in [3.63, 3.8) is 0 Å². The maximum atomic E-state index is 8.63. The fourth-order valence-corrected chi connectivity index (χ4v) is 1.87. The summed E-state index contributed by atoms with van der Waals surface area (Å²) in [5.74, 6) is 0. The molecule has 3 heteroatoms. The fourth-order valence-electron chi connectivity index (χ4n) is 1.87. The van der Waals surface area contributed by atoms with Crippen LogP contribution in [0.15, 0.2) is 54.6 Å². The molecule has 0 fully saturated rings. The van der Waals surface area contributed by atoms with Gasteiger partial charge in [-0.05, 0) is 38.2 Å². The highest BCUT2D eigenvalue weighted by atomic mass is 16.7. The van der Waals surface area contributed by atoms with Gasteiger partial charge >= 0.3 is 0 Å². The summed E-state index contributed by atoms with van der Waals surface area (Å²) in [5, 5.41) is 8.63. The number of rotatable bonds is 12. The van der Waals surface area contributed by atoms with Crippen LogP contribution in [-0.4, -0.2) is 24.6 Å². The van der Waals surface area contributed by atoms with Crippen LogP contribution >= 0.6 is 0 Å². The zero-order chi connectivity index (χ0) is 15.9. The summed E-state index contributed by atoms with van der Waals surface area (Å²) in [4.78, 5) is 0. The van der Waals surface area contributed by atoms with Gasteiger partial charge in [-0.25, -0.2) is 0 Å². The summed E-state index contributed by atoms with van der Waals surface area (Å²) >= 11 is 0. The molecule has 0 bridgehead atoms. The van der Waals surface area contributed by atoms with E-state index in [0.717, 1.165) is 31.2 Å². The van der Waals surface area contributed by atoms with Crippen LogP contribution in [0.2, 0.25) is 0 Å². The van der Waals surface area contributed by atoms with Crippen molar-refractivity contribution in [3.8, 4) is 0 Å². The Labute approximate surface area is 134 Å². The molecule has 0 heterocycles. The minimum Gasteiger partial charge on any atom is -0.396 e. The van der Waals surface area contributed by atoms with Crippen LogP contribution in [0.1, 0.15) is 38.2 Å². The molecule has 0 unspecified atom stereocenters. The van der Waals surface area contributed by atoms with Crippen molar-refractivity contribution in [2.45, 2.75) is 45.3 Å². The number of hydrogen-bond donors (Lipinski definition) is 1. The van der Waals surface area contributed by atoms with E-state index in [1.54, 1.807) is 0 Å². The average molecular weight is 304 g/mol. The number of benzene rings is 1. The van der Waals surface area contributed by atoms with E-state index >= 15 is 0 Å². The molecule has 0 saturated carbocycles. The molecule has 0 aliphatic carbocycles. The van der Waals surface area contributed by atoms with Crippen LogP contribution < -0.4 is 0 Å². The smallest absolute Gasteiger partial charge is 0.147 e. The van der Waals surface area contributed by atoms with Crippen molar-refractivity contribution in [3.05, 3.63) is 60.2 Å². The highest BCUT2D eigenvalue weighted by molar-refractivity contribution is 5.13. The SMILES string of the molecule is C[C@H](C/C=C/CC/C=C/CCO)OCOCc1ccccc1. The standard InChI is InChI=1S/C19H28O3/c1-18(12-8-5-3-2-4-6-11-15-20)22-17-21-16-19-13-9-7-10-14-19/h4-10,13-14,18,20H,2-3,11-12,15-17H2,1H3/b6-4+,8-5+/t18-/m1/s1. The van der Waals surface area contributed by atoms with Crippen LogP contribution in [0, 0.1) is 0 Å². The van der Waals surface area contributed by atoms with Crippen LogP contribution in [0.5, 0.6) is 0 Å². The summed E-state index contributed by atoms with van der Waals surface area (Å²) in [6, 6.07) is 10.1. The molecule has 122 valence electrons. The number of allylic oxidation sites excluding steroid dienone is 2. The molecule has 0 aromatic heterocycles. The molecule has 0 aliphatic heterocycles. The Kier molecular flexibility index (Phi) is 11.2. The summed E-state index contributed by atoms with van der Waals surface area (Å²) in [7, 11) is 0. The lowest BCUT2D eigenvalue weighted by molar-refractivity contribution is -0.0893. The molecule has 0 aliphatic rings. The van der Waals surface area contributed by atoms with E-state index in [1.165, 1.54) is 0 Å². The fraction of sp³-hybridized carbons (Fsp3) is 0.474. The first-order valence-corrected chi connectivity index (χ1v) is 7.97. The largest absolute Gasteiger partial charge is 0.396 e. The van der Waals surface area contributed by atoms with Gasteiger partial charge in [-0.2, -0.15) is 0 Å². The molecule has 1 aromatic rings. The Balaban J connectivity index is 1.98. The second-order valence-electron chi connectivity index (χ2n) is 5.20. The topological polar surface area (TPSA) is 38.7 Å². The first kappa shape index (κ1) is 18.6. The Morgan fingerprint density at radius 1 is 1.00 bits per heavy atom. The Morgan fingerprint density at radius 2 is 1.68 bits per heavy atom. The third-order valence-electron chi connectivity index (χ3n) is 3.14. The van der Waals surface area contributed by atoms with Crippen LogP contribution in [-0.2, 0) is 16.1 Å². The normalized spacial score (nSPS) is 13.2. The molecular weight excluding hydrogens is 276 g/mol. The van der Waals surface area contributed by atoms with Crippen molar-refractivity contribution < 1.29 is 14.6 Å². The molecule has 22 heavy (non-hydrogen) atoms. The average Bonchev–Trinajstić information content (AvgIpc) is 2.55. The van der Waals surface area contributed by atoms with E-state index in [2.05, 4.69) is 25.2 Å². The van der Waals surface area contributed by atoms with E-state index < -0.39 is 0 Å². The Hall–Kier alpha value is -1.42. The van der Waals surface area contributed by atoms with Gasteiger partial charge in [0.15, 0.2) is 0 Å². The van der Waals surface area contributed by atoms with Gasteiger partial charge in [-0.3, -0.25) is 0 Å². The quantitative estimate of drug-likeness (QED) is 0.357. The van der Waals surface area contributed by atoms with Crippen LogP contribution in [0.25, 0.3) is 0 Å². The molecule has 1 aromatic carbocycles. The van der Waals surface area contributed by atoms with Crippen molar-refractivity contribution >= 4 is 0 Å². The molecule has 0 saturated heterocycles. The molecule has 0 radical (unpaired) electrons. The molecule has 0 spiro atoms. The lowest BCUT2D eigenvalue weighted by Crippen LogP contribution is -2.10. The summed E-state index contributed by atoms with van der Waals surface area (Å²) in [5.41, 5.74) is 1.16. The number of ether oxygens (including phenoxy) is 2. The van der Waals surface area contributed by atoms with E-state index in [1.807, 2.05) is 36.4 Å². The van der Waals surface area contributed by atoms with E-state index in [9.17, 15) is 0 Å². The lowest BCUT2D eigenvalue weighted by Gasteiger charge is -2.11. The van der Waals surface area contributed by atoms with E-state index in [-0.39, 0.29) is 12.7 Å². The second kappa shape index (κ2) is 13.3. The zero-order valence-electron chi connectivity index (χ0n) is 13.5. The van der Waals surface area contributed by atoms with Gasteiger partial charge in [0.25, 0.3) is 0 Å². The Bertz CT molecular complexity index is 412. The summed E-state index contributed by atoms with van der Waals surface area (Å²) in [6.07, 6.45) is 12.3.